The van der Waals surface area contributed by atoms with Crippen LogP contribution < -0.4 is 10.1 Å². The summed E-state index contributed by atoms with van der Waals surface area (Å²) in [4.78, 5) is 12.2. The molecule has 21 heavy (non-hydrogen) atoms. The van der Waals surface area contributed by atoms with Crippen LogP contribution in [0.25, 0.3) is 0 Å². The van der Waals surface area contributed by atoms with Gasteiger partial charge in [0.05, 0.1) is 22.3 Å². The summed E-state index contributed by atoms with van der Waals surface area (Å²) in [5.41, 5.74) is 1.41. The molecule has 0 aromatic heterocycles. The van der Waals surface area contributed by atoms with Gasteiger partial charge < -0.3 is 10.1 Å². The third-order valence-electron chi connectivity index (χ3n) is 2.79. The molecule has 0 heterocycles. The van der Waals surface area contributed by atoms with E-state index in [1.165, 1.54) is 0 Å². The van der Waals surface area contributed by atoms with Crippen molar-refractivity contribution >= 4 is 27.5 Å². The second-order valence-corrected chi connectivity index (χ2v) is 5.04. The number of nitrogens with one attached hydrogen (secondary N) is 1. The number of amides is 1. The Balaban J connectivity index is 2.21. The highest BCUT2D eigenvalue weighted by atomic mass is 79.9. The molecule has 0 saturated heterocycles. The number of hydrogen-bond donors (Lipinski definition) is 1. The molecule has 0 unspecified atom stereocenters. The van der Waals surface area contributed by atoms with Crippen LogP contribution in [-0.4, -0.2) is 12.5 Å². The molecular formula is C16H13BrN2O2. The number of carbonyl (C=O) groups excluding carboxylic acids is 1. The summed E-state index contributed by atoms with van der Waals surface area (Å²) < 4.78 is 6.12. The van der Waals surface area contributed by atoms with Gasteiger partial charge in [-0.3, -0.25) is 4.79 Å². The predicted molar refractivity (Wildman–Crippen MR) is 84.4 cm³/mol. The van der Waals surface area contributed by atoms with Gasteiger partial charge in [-0.1, -0.05) is 12.1 Å². The first-order chi connectivity index (χ1) is 10.2. The lowest BCUT2D eigenvalue weighted by atomic mass is 10.1. The van der Waals surface area contributed by atoms with Crippen LogP contribution in [0, 0.1) is 11.3 Å². The molecule has 1 N–H and O–H groups in total. The Morgan fingerprint density at radius 3 is 2.76 bits per heavy atom. The van der Waals surface area contributed by atoms with E-state index in [-0.39, 0.29) is 5.91 Å². The molecule has 2 aromatic rings. The molecule has 2 aromatic carbocycles. The van der Waals surface area contributed by atoms with Crippen molar-refractivity contribution in [3.8, 4) is 11.8 Å². The lowest BCUT2D eigenvalue weighted by molar-refractivity contribution is 0.102. The average Bonchev–Trinajstić information content (AvgIpc) is 2.50. The normalized spacial score (nSPS) is 9.76. The second-order valence-electron chi connectivity index (χ2n) is 4.19. The van der Waals surface area contributed by atoms with Crippen molar-refractivity contribution in [2.75, 3.05) is 11.9 Å². The molecule has 4 nitrogen and oxygen atoms in total. The zero-order valence-corrected chi connectivity index (χ0v) is 13.0. The quantitative estimate of drug-likeness (QED) is 0.912. The molecule has 0 saturated carbocycles. The molecule has 0 bridgehead atoms. The maximum absolute atomic E-state index is 12.2. The smallest absolute Gasteiger partial charge is 0.255 e. The molecule has 106 valence electrons. The zero-order valence-electron chi connectivity index (χ0n) is 11.4. The zero-order chi connectivity index (χ0) is 15.2. The van der Waals surface area contributed by atoms with E-state index in [9.17, 15) is 4.79 Å². The Bertz CT molecular complexity index is 708. The van der Waals surface area contributed by atoms with E-state index in [1.54, 1.807) is 42.5 Å². The van der Waals surface area contributed by atoms with Gasteiger partial charge in [-0.05, 0) is 53.2 Å². The second kappa shape index (κ2) is 6.91. The minimum atomic E-state index is -0.276. The monoisotopic (exact) mass is 344 g/mol. The highest BCUT2D eigenvalue weighted by Gasteiger charge is 2.11. The summed E-state index contributed by atoms with van der Waals surface area (Å²) in [5, 5.41) is 11.7. The van der Waals surface area contributed by atoms with Gasteiger partial charge in [0.1, 0.15) is 11.8 Å². The number of ether oxygens (including phenoxy) is 1. The van der Waals surface area contributed by atoms with Gasteiger partial charge in [-0.25, -0.2) is 0 Å². The van der Waals surface area contributed by atoms with Gasteiger partial charge in [-0.2, -0.15) is 5.26 Å². The summed E-state index contributed by atoms with van der Waals surface area (Å²) in [6, 6.07) is 14.0. The lowest BCUT2D eigenvalue weighted by Gasteiger charge is -2.09. The van der Waals surface area contributed by atoms with Gasteiger partial charge in [-0.15, -0.1) is 0 Å². The van der Waals surface area contributed by atoms with E-state index in [1.807, 2.05) is 13.0 Å². The summed E-state index contributed by atoms with van der Waals surface area (Å²) in [6.45, 7) is 2.45. The molecule has 0 spiro atoms. The number of halogens is 1. The minimum Gasteiger partial charge on any atom is -0.493 e. The summed E-state index contributed by atoms with van der Waals surface area (Å²) in [7, 11) is 0. The number of anilines is 1. The first-order valence-corrected chi connectivity index (χ1v) is 7.18. The van der Waals surface area contributed by atoms with E-state index in [0.717, 1.165) is 0 Å². The Morgan fingerprint density at radius 2 is 2.10 bits per heavy atom. The van der Waals surface area contributed by atoms with E-state index in [4.69, 9.17) is 10.00 Å². The number of benzene rings is 2. The molecule has 5 heteroatoms. The van der Waals surface area contributed by atoms with Crippen molar-refractivity contribution in [2.24, 2.45) is 0 Å². The number of nitrogens with zero attached hydrogens (tertiary/aromatic N) is 1. The van der Waals surface area contributed by atoms with E-state index in [0.29, 0.717) is 33.6 Å². The maximum atomic E-state index is 12.2. The largest absolute Gasteiger partial charge is 0.493 e. The van der Waals surface area contributed by atoms with Gasteiger partial charge in [0.2, 0.25) is 0 Å². The van der Waals surface area contributed by atoms with Crippen LogP contribution in [-0.2, 0) is 0 Å². The Morgan fingerprint density at radius 1 is 1.33 bits per heavy atom. The fourth-order valence-corrected chi connectivity index (χ4v) is 2.29. The third-order valence-corrected chi connectivity index (χ3v) is 3.41. The number of hydrogen-bond acceptors (Lipinski definition) is 3. The van der Waals surface area contributed by atoms with E-state index in [2.05, 4.69) is 21.2 Å². The molecule has 2 rings (SSSR count). The maximum Gasteiger partial charge on any atom is 0.255 e. The van der Waals surface area contributed by atoms with Crippen LogP contribution >= 0.6 is 15.9 Å². The van der Waals surface area contributed by atoms with Crippen molar-refractivity contribution in [2.45, 2.75) is 6.92 Å². The SMILES string of the molecule is CCOc1ccc(C(=O)Nc2ccccc2C#N)cc1Br. The van der Waals surface area contributed by atoms with E-state index >= 15 is 0 Å². The first-order valence-electron chi connectivity index (χ1n) is 6.38. The number of para-hydroxylation sites is 1. The van der Waals surface area contributed by atoms with Crippen molar-refractivity contribution in [3.05, 3.63) is 58.1 Å². The number of rotatable bonds is 4. The summed E-state index contributed by atoms with van der Waals surface area (Å²) >= 11 is 3.37. The molecule has 0 aliphatic carbocycles. The highest BCUT2D eigenvalue weighted by molar-refractivity contribution is 9.10. The first kappa shape index (κ1) is 15.1. The highest BCUT2D eigenvalue weighted by Crippen LogP contribution is 2.26. The Kier molecular flexibility index (Phi) is 4.96. The van der Waals surface area contributed by atoms with Crippen LogP contribution in [0.5, 0.6) is 5.75 Å². The third kappa shape index (κ3) is 3.61. The van der Waals surface area contributed by atoms with Crippen LogP contribution in [0.3, 0.4) is 0 Å². The van der Waals surface area contributed by atoms with Gasteiger partial charge in [0.25, 0.3) is 5.91 Å². The average molecular weight is 345 g/mol. The molecule has 0 fully saturated rings. The van der Waals surface area contributed by atoms with Gasteiger partial charge in [0.15, 0.2) is 0 Å². The van der Waals surface area contributed by atoms with Crippen molar-refractivity contribution < 1.29 is 9.53 Å². The molecule has 0 radical (unpaired) electrons. The molecule has 0 aliphatic rings. The van der Waals surface area contributed by atoms with Crippen LogP contribution in [0.4, 0.5) is 5.69 Å². The van der Waals surface area contributed by atoms with Crippen molar-refractivity contribution in [1.82, 2.24) is 0 Å². The predicted octanol–water partition coefficient (Wildman–Crippen LogP) is 3.97. The van der Waals surface area contributed by atoms with Gasteiger partial charge in [0, 0.05) is 5.56 Å². The van der Waals surface area contributed by atoms with Crippen LogP contribution in [0.2, 0.25) is 0 Å². The number of carbonyl (C=O) groups is 1. The van der Waals surface area contributed by atoms with Crippen molar-refractivity contribution in [3.63, 3.8) is 0 Å². The molecule has 1 amide bonds. The van der Waals surface area contributed by atoms with Crippen LogP contribution in [0.1, 0.15) is 22.8 Å². The van der Waals surface area contributed by atoms with Gasteiger partial charge >= 0.3 is 0 Å². The van der Waals surface area contributed by atoms with Crippen LogP contribution in [0.15, 0.2) is 46.9 Å². The number of nitriles is 1. The van der Waals surface area contributed by atoms with E-state index < -0.39 is 0 Å². The topological polar surface area (TPSA) is 62.1 Å². The minimum absolute atomic E-state index is 0.276. The summed E-state index contributed by atoms with van der Waals surface area (Å²) in [6.07, 6.45) is 0. The Hall–Kier alpha value is -2.32. The lowest BCUT2D eigenvalue weighted by Crippen LogP contribution is -2.13. The molecule has 0 aliphatic heterocycles. The molecule has 0 atom stereocenters. The standard InChI is InChI=1S/C16H13BrN2O2/c1-2-21-15-8-7-11(9-13(15)17)16(20)19-14-6-4-3-5-12(14)10-18/h3-9H,2H2,1H3,(H,19,20). The van der Waals surface area contributed by atoms with Crippen molar-refractivity contribution in [1.29, 1.82) is 5.26 Å². The molecular weight excluding hydrogens is 332 g/mol. The Labute approximate surface area is 131 Å². The fraction of sp³-hybridized carbons (Fsp3) is 0.125. The fourth-order valence-electron chi connectivity index (χ4n) is 1.80. The summed E-state index contributed by atoms with van der Waals surface area (Å²) in [5.74, 6) is 0.410.